The number of rotatable bonds is 5. The number of aromatic nitrogens is 1. The molecule has 1 N–H and O–H groups in total. The normalized spacial score (nSPS) is 26.4. The summed E-state index contributed by atoms with van der Waals surface area (Å²) in [5, 5.41) is 2.96. The van der Waals surface area contributed by atoms with Crippen LogP contribution in [0.25, 0.3) is 5.57 Å². The maximum atomic E-state index is 13.9. The van der Waals surface area contributed by atoms with Crippen LogP contribution in [0.3, 0.4) is 0 Å². The van der Waals surface area contributed by atoms with Crippen molar-refractivity contribution in [2.75, 3.05) is 5.32 Å². The summed E-state index contributed by atoms with van der Waals surface area (Å²) in [5.41, 5.74) is 5.20. The summed E-state index contributed by atoms with van der Waals surface area (Å²) < 4.78 is 19.2. The van der Waals surface area contributed by atoms with E-state index in [0.717, 1.165) is 43.4 Å². The highest BCUT2D eigenvalue weighted by Crippen LogP contribution is 2.63. The van der Waals surface area contributed by atoms with E-state index in [9.17, 15) is 14.0 Å². The molecule has 4 atom stereocenters. The fourth-order valence-corrected chi connectivity index (χ4v) is 7.07. The number of nitrogens with zero attached hydrogens (tertiary/aromatic N) is 1. The minimum absolute atomic E-state index is 0.0518. The number of amides is 1. The molecule has 1 aromatic carbocycles. The van der Waals surface area contributed by atoms with Crippen LogP contribution in [-0.2, 0) is 20.7 Å². The summed E-state index contributed by atoms with van der Waals surface area (Å²) in [6.07, 6.45) is 10.9. The molecule has 1 fully saturated rings. The lowest BCUT2D eigenvalue weighted by Gasteiger charge is -2.50. The van der Waals surface area contributed by atoms with E-state index in [2.05, 4.69) is 35.4 Å². The number of nitrogens with one attached hydrogen (secondary N) is 1. The highest BCUT2D eigenvalue weighted by atomic mass is 19.1. The number of esters is 1. The van der Waals surface area contributed by atoms with E-state index < -0.39 is 5.60 Å². The molecule has 5 rings (SSSR count). The summed E-state index contributed by atoms with van der Waals surface area (Å²) in [4.78, 5) is 28.5. The van der Waals surface area contributed by atoms with E-state index in [1.54, 1.807) is 12.3 Å². The lowest BCUT2D eigenvalue weighted by molar-refractivity contribution is -0.155. The maximum absolute atomic E-state index is 13.9. The predicted octanol–water partition coefficient (Wildman–Crippen LogP) is 6.83. The molecular weight excluding hydrogens is 467 g/mol. The number of allylic oxidation sites excluding steroid dienone is 2. The number of fused-ring (bicyclic) bond motifs is 5. The Morgan fingerprint density at radius 3 is 2.73 bits per heavy atom. The van der Waals surface area contributed by atoms with E-state index in [4.69, 9.17) is 4.74 Å². The van der Waals surface area contributed by atoms with Crippen molar-refractivity contribution in [1.29, 1.82) is 0 Å². The second-order valence-corrected chi connectivity index (χ2v) is 12.2. The van der Waals surface area contributed by atoms with Gasteiger partial charge in [0.1, 0.15) is 11.4 Å². The van der Waals surface area contributed by atoms with Crippen LogP contribution < -0.4 is 5.32 Å². The number of pyridine rings is 1. The van der Waals surface area contributed by atoms with Crippen molar-refractivity contribution in [3.05, 3.63) is 65.2 Å². The Balaban J connectivity index is 1.25. The zero-order valence-corrected chi connectivity index (χ0v) is 22.3. The zero-order valence-electron chi connectivity index (χ0n) is 22.3. The summed E-state index contributed by atoms with van der Waals surface area (Å²) in [7, 11) is 0. The number of hydrogen-bond acceptors (Lipinski definition) is 4. The van der Waals surface area contributed by atoms with Crippen molar-refractivity contribution in [3.8, 4) is 0 Å². The first-order valence-corrected chi connectivity index (χ1v) is 13.5. The molecule has 3 unspecified atom stereocenters. The van der Waals surface area contributed by atoms with Gasteiger partial charge in [0, 0.05) is 18.3 Å². The van der Waals surface area contributed by atoms with Gasteiger partial charge in [-0.05, 0) is 117 Å². The van der Waals surface area contributed by atoms with Crippen molar-refractivity contribution in [3.63, 3.8) is 0 Å². The molecule has 0 radical (unpaired) electrons. The van der Waals surface area contributed by atoms with Crippen LogP contribution in [0.1, 0.15) is 88.8 Å². The van der Waals surface area contributed by atoms with Crippen LogP contribution in [0.5, 0.6) is 0 Å². The molecule has 1 heterocycles. The minimum atomic E-state index is -0.548. The molecule has 3 aliphatic carbocycles. The number of carbonyl (C=O) groups excluding carboxylic acids is 2. The van der Waals surface area contributed by atoms with Crippen molar-refractivity contribution in [1.82, 2.24) is 4.98 Å². The van der Waals surface area contributed by atoms with E-state index in [1.807, 2.05) is 26.8 Å². The van der Waals surface area contributed by atoms with Gasteiger partial charge in [0.15, 0.2) is 0 Å². The number of aryl methyl sites for hydroxylation is 1. The van der Waals surface area contributed by atoms with E-state index >= 15 is 0 Å². The largest absolute Gasteiger partial charge is 0.460 e. The number of anilines is 1. The number of ether oxygens (including phenoxy) is 1. The molecule has 37 heavy (non-hydrogen) atoms. The van der Waals surface area contributed by atoms with Crippen LogP contribution in [0.15, 0.2) is 42.7 Å². The topological polar surface area (TPSA) is 68.3 Å². The number of halogens is 1. The molecule has 6 heteroatoms. The molecule has 0 spiro atoms. The van der Waals surface area contributed by atoms with E-state index in [-0.39, 0.29) is 36.0 Å². The van der Waals surface area contributed by atoms with Crippen LogP contribution >= 0.6 is 0 Å². The Morgan fingerprint density at radius 1 is 1.16 bits per heavy atom. The third kappa shape index (κ3) is 5.21. The summed E-state index contributed by atoms with van der Waals surface area (Å²) in [6, 6.07) is 7.93. The van der Waals surface area contributed by atoms with Crippen molar-refractivity contribution < 1.29 is 18.7 Å². The van der Waals surface area contributed by atoms with E-state index in [1.165, 1.54) is 22.9 Å². The fourth-order valence-electron chi connectivity index (χ4n) is 7.07. The van der Waals surface area contributed by atoms with Crippen LogP contribution in [0.4, 0.5) is 10.1 Å². The average molecular weight is 505 g/mol. The second-order valence-electron chi connectivity index (χ2n) is 12.2. The van der Waals surface area contributed by atoms with Gasteiger partial charge in [-0.3, -0.25) is 14.6 Å². The fraction of sp³-hybridized carbons (Fsp3) is 0.516. The molecule has 0 saturated heterocycles. The molecule has 5 nitrogen and oxygen atoms in total. The number of hydrogen-bond donors (Lipinski definition) is 1. The second kappa shape index (κ2) is 9.70. The summed E-state index contributed by atoms with van der Waals surface area (Å²) in [5.74, 6) is 0.835. The molecule has 1 saturated carbocycles. The van der Waals surface area contributed by atoms with Gasteiger partial charge >= 0.3 is 5.97 Å². The van der Waals surface area contributed by atoms with Crippen LogP contribution in [0, 0.1) is 23.1 Å². The standard InChI is InChI=1S/C31H37FN2O3/c1-30(2,3)37-29(36)12-11-28(35)34-22-6-8-23-19(16-22)5-7-25-24(23)13-14-31(4)26(9-10-27(25)31)20-15-21(32)18-33-17-20/h6,8-9,15-18,24-25,27H,5,7,10-14H2,1-4H3,(H,34,35)/t24?,25?,27?,31-/m1/s1. The molecule has 0 aliphatic heterocycles. The van der Waals surface area contributed by atoms with Crippen LogP contribution in [0.2, 0.25) is 0 Å². The summed E-state index contributed by atoms with van der Waals surface area (Å²) in [6.45, 7) is 7.82. The molecule has 196 valence electrons. The average Bonchev–Trinajstić information content (AvgIpc) is 3.18. The molecule has 0 bridgehead atoms. The smallest absolute Gasteiger partial charge is 0.306 e. The Labute approximate surface area is 218 Å². The predicted molar refractivity (Wildman–Crippen MR) is 142 cm³/mol. The Hall–Kier alpha value is -3.02. The van der Waals surface area contributed by atoms with Crippen molar-refractivity contribution in [2.45, 2.75) is 84.2 Å². The van der Waals surface area contributed by atoms with Gasteiger partial charge in [-0.15, -0.1) is 0 Å². The lowest BCUT2D eigenvalue weighted by atomic mass is 9.54. The van der Waals surface area contributed by atoms with Gasteiger partial charge in [0.25, 0.3) is 0 Å². The van der Waals surface area contributed by atoms with Gasteiger partial charge in [-0.2, -0.15) is 0 Å². The van der Waals surface area contributed by atoms with Gasteiger partial charge < -0.3 is 10.1 Å². The first-order chi connectivity index (χ1) is 17.5. The highest BCUT2D eigenvalue weighted by Gasteiger charge is 2.52. The Kier molecular flexibility index (Phi) is 6.71. The molecular formula is C31H37FN2O3. The Morgan fingerprint density at radius 2 is 1.97 bits per heavy atom. The minimum Gasteiger partial charge on any atom is -0.460 e. The van der Waals surface area contributed by atoms with Crippen molar-refractivity contribution >= 4 is 23.1 Å². The quantitative estimate of drug-likeness (QED) is 0.453. The van der Waals surface area contributed by atoms with Gasteiger partial charge in [-0.25, -0.2) is 4.39 Å². The number of carbonyl (C=O) groups is 2. The third-order valence-corrected chi connectivity index (χ3v) is 8.58. The molecule has 2 aromatic rings. The third-order valence-electron chi connectivity index (χ3n) is 8.58. The first-order valence-electron chi connectivity index (χ1n) is 13.5. The molecule has 1 amide bonds. The van der Waals surface area contributed by atoms with Crippen LogP contribution in [-0.4, -0.2) is 22.5 Å². The zero-order chi connectivity index (χ0) is 26.4. The van der Waals surface area contributed by atoms with Crippen molar-refractivity contribution in [2.24, 2.45) is 17.3 Å². The lowest BCUT2D eigenvalue weighted by Crippen LogP contribution is -2.40. The maximum Gasteiger partial charge on any atom is 0.306 e. The first kappa shape index (κ1) is 25.6. The SMILES string of the molecule is CC(C)(C)OC(=O)CCC(=O)Nc1ccc2c(c1)CCC1C2CC[C@]2(C)C(c3cncc(F)c3)=CCC12. The monoisotopic (exact) mass is 504 g/mol. The molecule has 1 aromatic heterocycles. The van der Waals surface area contributed by atoms with Gasteiger partial charge in [0.2, 0.25) is 5.91 Å². The number of benzene rings is 1. The van der Waals surface area contributed by atoms with Gasteiger partial charge in [-0.1, -0.05) is 19.1 Å². The molecule has 3 aliphatic rings. The Bertz CT molecular complexity index is 1250. The highest BCUT2D eigenvalue weighted by molar-refractivity contribution is 5.92. The van der Waals surface area contributed by atoms with Gasteiger partial charge in [0.05, 0.1) is 12.6 Å². The van der Waals surface area contributed by atoms with E-state index in [0.29, 0.717) is 17.8 Å². The summed E-state index contributed by atoms with van der Waals surface area (Å²) >= 11 is 0.